The zero-order valence-corrected chi connectivity index (χ0v) is 7.89. The van der Waals surface area contributed by atoms with E-state index in [4.69, 9.17) is 0 Å². The molecule has 0 fully saturated rings. The maximum atomic E-state index is 2.31. The third-order valence-corrected chi connectivity index (χ3v) is 1.85. The van der Waals surface area contributed by atoms with Crippen molar-refractivity contribution in [2.24, 2.45) is 17.8 Å². The van der Waals surface area contributed by atoms with Gasteiger partial charge in [-0.2, -0.15) is 0 Å². The molecular formula is C10H20. The average molecular weight is 140 g/mol. The van der Waals surface area contributed by atoms with Crippen molar-refractivity contribution in [3.63, 3.8) is 0 Å². The second-order valence-electron chi connectivity index (χ2n) is 3.73. The molecule has 0 aromatic heterocycles. The maximum absolute atomic E-state index is 2.31. The smallest absolute Gasteiger partial charge is 0.0239 e. The highest BCUT2D eigenvalue weighted by Gasteiger charge is 2.01. The molecule has 0 saturated heterocycles. The van der Waals surface area contributed by atoms with Crippen molar-refractivity contribution < 1.29 is 0 Å². The van der Waals surface area contributed by atoms with E-state index in [1.165, 1.54) is 0 Å². The maximum Gasteiger partial charge on any atom is -0.0239 e. The molecular weight excluding hydrogens is 120 g/mol. The molecule has 0 aliphatic carbocycles. The van der Waals surface area contributed by atoms with Gasteiger partial charge in [0.05, 0.1) is 0 Å². The fraction of sp³-hybridized carbons (Fsp3) is 0.800. The van der Waals surface area contributed by atoms with Crippen molar-refractivity contribution in [1.29, 1.82) is 0 Å². The van der Waals surface area contributed by atoms with Crippen molar-refractivity contribution in [2.75, 3.05) is 0 Å². The van der Waals surface area contributed by atoms with E-state index >= 15 is 0 Å². The molecule has 0 N–H and O–H groups in total. The fourth-order valence-corrected chi connectivity index (χ4v) is 0.620. The van der Waals surface area contributed by atoms with Gasteiger partial charge in [0.1, 0.15) is 0 Å². The molecule has 0 aromatic rings. The van der Waals surface area contributed by atoms with Crippen molar-refractivity contribution in [3.8, 4) is 0 Å². The standard InChI is InChI=1S/C10H20/c1-8(2)6-7-10(5)9(3)4/h6-10H,1-5H3/t10-/m0/s1. The molecule has 10 heavy (non-hydrogen) atoms. The molecule has 0 amide bonds. The van der Waals surface area contributed by atoms with Crippen LogP contribution in [0.3, 0.4) is 0 Å². The number of hydrogen-bond donors (Lipinski definition) is 0. The Hall–Kier alpha value is -0.260. The first-order valence-electron chi connectivity index (χ1n) is 4.22. The second-order valence-corrected chi connectivity index (χ2v) is 3.73. The lowest BCUT2D eigenvalue weighted by molar-refractivity contribution is 0.501. The minimum atomic E-state index is 0.696. The van der Waals surface area contributed by atoms with Crippen molar-refractivity contribution in [1.82, 2.24) is 0 Å². The van der Waals surface area contributed by atoms with E-state index in [2.05, 4.69) is 46.8 Å². The van der Waals surface area contributed by atoms with E-state index in [1.807, 2.05) is 0 Å². The first-order chi connectivity index (χ1) is 4.54. The van der Waals surface area contributed by atoms with Gasteiger partial charge in [0.2, 0.25) is 0 Å². The third kappa shape index (κ3) is 4.60. The van der Waals surface area contributed by atoms with E-state index in [1.54, 1.807) is 0 Å². The Labute approximate surface area is 65.3 Å². The lowest BCUT2D eigenvalue weighted by Crippen LogP contribution is -1.99. The summed E-state index contributed by atoms with van der Waals surface area (Å²) in [4.78, 5) is 0. The van der Waals surface area contributed by atoms with Crippen molar-refractivity contribution in [3.05, 3.63) is 12.2 Å². The van der Waals surface area contributed by atoms with Crippen LogP contribution in [0.5, 0.6) is 0 Å². The van der Waals surface area contributed by atoms with Crippen LogP contribution in [0.4, 0.5) is 0 Å². The monoisotopic (exact) mass is 140 g/mol. The normalized spacial score (nSPS) is 15.5. The minimum absolute atomic E-state index is 0.696. The summed E-state index contributed by atoms with van der Waals surface area (Å²) in [5.41, 5.74) is 0. The van der Waals surface area contributed by atoms with Crippen LogP contribution in [0.1, 0.15) is 34.6 Å². The van der Waals surface area contributed by atoms with Gasteiger partial charge in [-0.15, -0.1) is 0 Å². The van der Waals surface area contributed by atoms with Gasteiger partial charge in [-0.1, -0.05) is 46.8 Å². The predicted molar refractivity (Wildman–Crippen MR) is 48.0 cm³/mol. The number of hydrogen-bond acceptors (Lipinski definition) is 0. The molecule has 0 heteroatoms. The van der Waals surface area contributed by atoms with E-state index in [-0.39, 0.29) is 0 Å². The van der Waals surface area contributed by atoms with Crippen LogP contribution < -0.4 is 0 Å². The van der Waals surface area contributed by atoms with E-state index < -0.39 is 0 Å². The first-order valence-corrected chi connectivity index (χ1v) is 4.22. The molecule has 0 radical (unpaired) electrons. The summed E-state index contributed by atoms with van der Waals surface area (Å²) in [6.07, 6.45) is 4.60. The van der Waals surface area contributed by atoms with E-state index in [9.17, 15) is 0 Å². The van der Waals surface area contributed by atoms with Crippen molar-refractivity contribution in [2.45, 2.75) is 34.6 Å². The Bertz CT molecular complexity index is 98.6. The first kappa shape index (κ1) is 9.74. The van der Waals surface area contributed by atoms with Crippen LogP contribution in [-0.4, -0.2) is 0 Å². The SMILES string of the molecule is CC(C)C=C[C@H](C)C(C)C. The van der Waals surface area contributed by atoms with E-state index in [0.29, 0.717) is 5.92 Å². The Morgan fingerprint density at radius 1 is 0.800 bits per heavy atom. The molecule has 0 heterocycles. The molecule has 60 valence electrons. The molecule has 0 unspecified atom stereocenters. The summed E-state index contributed by atoms with van der Waals surface area (Å²) in [7, 11) is 0. The van der Waals surface area contributed by atoms with Gasteiger partial charge in [-0.25, -0.2) is 0 Å². The highest BCUT2D eigenvalue weighted by atomic mass is 14.1. The quantitative estimate of drug-likeness (QED) is 0.526. The van der Waals surface area contributed by atoms with Gasteiger partial charge in [0.25, 0.3) is 0 Å². The molecule has 0 spiro atoms. The zero-order valence-electron chi connectivity index (χ0n) is 7.89. The lowest BCUT2D eigenvalue weighted by Gasteiger charge is -2.09. The second kappa shape index (κ2) is 4.54. The van der Waals surface area contributed by atoms with Gasteiger partial charge >= 0.3 is 0 Å². The van der Waals surface area contributed by atoms with Crippen LogP contribution in [0.15, 0.2) is 12.2 Å². The molecule has 1 atom stereocenters. The summed E-state index contributed by atoms with van der Waals surface area (Å²) < 4.78 is 0. The molecule has 0 aromatic carbocycles. The predicted octanol–water partition coefficient (Wildman–Crippen LogP) is 3.49. The largest absolute Gasteiger partial charge is 0.0857 e. The summed E-state index contributed by atoms with van der Waals surface area (Å²) in [6.45, 7) is 11.2. The van der Waals surface area contributed by atoms with Crippen LogP contribution in [0.2, 0.25) is 0 Å². The summed E-state index contributed by atoms with van der Waals surface area (Å²) in [6, 6.07) is 0. The molecule has 0 nitrogen and oxygen atoms in total. The minimum Gasteiger partial charge on any atom is -0.0857 e. The number of allylic oxidation sites excluding steroid dienone is 2. The zero-order chi connectivity index (χ0) is 8.15. The highest BCUT2D eigenvalue weighted by Crippen LogP contribution is 2.11. The van der Waals surface area contributed by atoms with Crippen molar-refractivity contribution >= 4 is 0 Å². The average Bonchev–Trinajstić information content (AvgIpc) is 1.82. The Morgan fingerprint density at radius 3 is 1.60 bits per heavy atom. The topological polar surface area (TPSA) is 0 Å². The molecule has 0 aliphatic heterocycles. The lowest BCUT2D eigenvalue weighted by atomic mass is 9.96. The molecule has 0 saturated carbocycles. The van der Waals surface area contributed by atoms with Gasteiger partial charge in [0, 0.05) is 0 Å². The Kier molecular flexibility index (Phi) is 4.42. The van der Waals surface area contributed by atoms with Gasteiger partial charge in [-0.05, 0) is 17.8 Å². The summed E-state index contributed by atoms with van der Waals surface area (Å²) in [5, 5.41) is 0. The van der Waals surface area contributed by atoms with Crippen LogP contribution in [0, 0.1) is 17.8 Å². The Morgan fingerprint density at radius 2 is 1.30 bits per heavy atom. The molecule has 0 rings (SSSR count). The molecule has 0 bridgehead atoms. The van der Waals surface area contributed by atoms with Gasteiger partial charge in [0.15, 0.2) is 0 Å². The van der Waals surface area contributed by atoms with Gasteiger partial charge in [-0.3, -0.25) is 0 Å². The highest BCUT2D eigenvalue weighted by molar-refractivity contribution is 4.89. The van der Waals surface area contributed by atoms with E-state index in [0.717, 1.165) is 11.8 Å². The van der Waals surface area contributed by atoms with Gasteiger partial charge < -0.3 is 0 Å². The summed E-state index contributed by atoms with van der Waals surface area (Å²) >= 11 is 0. The van der Waals surface area contributed by atoms with Crippen LogP contribution >= 0.6 is 0 Å². The van der Waals surface area contributed by atoms with Crippen LogP contribution in [-0.2, 0) is 0 Å². The summed E-state index contributed by atoms with van der Waals surface area (Å²) in [5.74, 6) is 2.19. The number of rotatable bonds is 3. The molecule has 0 aliphatic rings. The fourth-order valence-electron chi connectivity index (χ4n) is 0.620. The third-order valence-electron chi connectivity index (χ3n) is 1.85. The Balaban J connectivity index is 3.66. The van der Waals surface area contributed by atoms with Crippen LogP contribution in [0.25, 0.3) is 0 Å².